The smallest absolute Gasteiger partial charge is 0.150 e. The van der Waals surface area contributed by atoms with Gasteiger partial charge in [0.15, 0.2) is 9.84 Å². The zero-order valence-corrected chi connectivity index (χ0v) is 14.2. The quantitative estimate of drug-likeness (QED) is 0.703. The summed E-state index contributed by atoms with van der Waals surface area (Å²) < 4.78 is 29.0. The van der Waals surface area contributed by atoms with E-state index >= 15 is 0 Å². The summed E-state index contributed by atoms with van der Waals surface area (Å²) in [7, 11) is -2.91. The van der Waals surface area contributed by atoms with Gasteiger partial charge < -0.3 is 4.74 Å². The molecule has 0 bridgehead atoms. The Morgan fingerprint density at radius 1 is 1.21 bits per heavy atom. The lowest BCUT2D eigenvalue weighted by atomic mass is 9.75. The van der Waals surface area contributed by atoms with Gasteiger partial charge in [0.2, 0.25) is 0 Å². The highest BCUT2D eigenvalue weighted by molar-refractivity contribution is 7.91. The van der Waals surface area contributed by atoms with Gasteiger partial charge in [-0.3, -0.25) is 0 Å². The molecule has 1 saturated heterocycles. The Kier molecular flexibility index (Phi) is 6.00. The van der Waals surface area contributed by atoms with E-state index in [0.29, 0.717) is 31.2 Å². The van der Waals surface area contributed by atoms with Gasteiger partial charge in [0, 0.05) is 23.8 Å². The first-order valence-corrected chi connectivity index (χ1v) is 9.49. The molecule has 1 fully saturated rings. The molecule has 1 unspecified atom stereocenters. The molecule has 0 spiro atoms. The van der Waals surface area contributed by atoms with Crippen LogP contribution < -0.4 is 0 Å². The van der Waals surface area contributed by atoms with Crippen molar-refractivity contribution in [2.45, 2.75) is 39.2 Å². The molecular formula is C13H24Cl2O3S. The fourth-order valence-corrected chi connectivity index (χ4v) is 5.36. The van der Waals surface area contributed by atoms with Gasteiger partial charge >= 0.3 is 0 Å². The van der Waals surface area contributed by atoms with Crippen LogP contribution in [0.2, 0.25) is 0 Å². The van der Waals surface area contributed by atoms with Crippen molar-refractivity contribution in [3.05, 3.63) is 0 Å². The van der Waals surface area contributed by atoms with Gasteiger partial charge in [0.1, 0.15) is 0 Å². The van der Waals surface area contributed by atoms with Crippen LogP contribution in [0.5, 0.6) is 0 Å². The first kappa shape index (κ1) is 17.5. The monoisotopic (exact) mass is 330 g/mol. The molecule has 0 aromatic heterocycles. The minimum Gasteiger partial charge on any atom is -0.376 e. The maximum atomic E-state index is 11.6. The highest BCUT2D eigenvalue weighted by Gasteiger charge is 2.43. The largest absolute Gasteiger partial charge is 0.376 e. The van der Waals surface area contributed by atoms with Crippen LogP contribution in [0.4, 0.5) is 0 Å². The Balaban J connectivity index is 2.69. The Morgan fingerprint density at radius 2 is 1.79 bits per heavy atom. The van der Waals surface area contributed by atoms with Crippen LogP contribution in [0.25, 0.3) is 0 Å². The van der Waals surface area contributed by atoms with Crippen LogP contribution in [0.1, 0.15) is 33.6 Å². The zero-order valence-electron chi connectivity index (χ0n) is 11.9. The number of halogens is 2. The van der Waals surface area contributed by atoms with Gasteiger partial charge in [-0.2, -0.15) is 0 Å². The fourth-order valence-electron chi connectivity index (χ4n) is 2.43. The number of sulfone groups is 1. The lowest BCUT2D eigenvalue weighted by Crippen LogP contribution is -2.37. The summed E-state index contributed by atoms with van der Waals surface area (Å²) in [4.78, 5) is 0. The molecule has 1 atom stereocenters. The number of hydrogen-bond donors (Lipinski definition) is 0. The molecular weight excluding hydrogens is 307 g/mol. The molecule has 1 rings (SSSR count). The van der Waals surface area contributed by atoms with Gasteiger partial charge in [-0.1, -0.05) is 0 Å². The van der Waals surface area contributed by atoms with Crippen molar-refractivity contribution in [3.8, 4) is 0 Å². The van der Waals surface area contributed by atoms with E-state index in [1.807, 2.05) is 20.8 Å². The average Bonchev–Trinajstić information content (AvgIpc) is 2.64. The number of hydrogen-bond acceptors (Lipinski definition) is 3. The second-order valence-electron chi connectivity index (χ2n) is 6.44. The van der Waals surface area contributed by atoms with Crippen molar-refractivity contribution in [2.75, 3.05) is 29.9 Å². The van der Waals surface area contributed by atoms with E-state index in [1.54, 1.807) is 0 Å². The molecule has 19 heavy (non-hydrogen) atoms. The molecule has 6 heteroatoms. The molecule has 1 aliphatic rings. The molecule has 1 heterocycles. The van der Waals surface area contributed by atoms with Gasteiger partial charge in [0.25, 0.3) is 0 Å². The predicted octanol–water partition coefficient (Wildman–Crippen LogP) is 3.09. The molecule has 0 saturated carbocycles. The maximum Gasteiger partial charge on any atom is 0.150 e. The van der Waals surface area contributed by atoms with Crippen LogP contribution in [0.3, 0.4) is 0 Å². The third-order valence-corrected chi connectivity index (χ3v) is 6.60. The molecule has 1 aliphatic heterocycles. The van der Waals surface area contributed by atoms with Gasteiger partial charge in [-0.15, -0.1) is 23.2 Å². The molecule has 0 radical (unpaired) electrons. The average molecular weight is 331 g/mol. The molecule has 114 valence electrons. The first-order valence-electron chi connectivity index (χ1n) is 6.60. The summed E-state index contributed by atoms with van der Waals surface area (Å²) in [6.07, 6.45) is 1.37. The van der Waals surface area contributed by atoms with Crippen molar-refractivity contribution in [2.24, 2.45) is 11.3 Å². The van der Waals surface area contributed by atoms with Crippen LogP contribution in [0, 0.1) is 11.3 Å². The third kappa shape index (κ3) is 5.07. The van der Waals surface area contributed by atoms with Crippen molar-refractivity contribution in [1.29, 1.82) is 0 Å². The van der Waals surface area contributed by atoms with Crippen LogP contribution in [0.15, 0.2) is 0 Å². The van der Waals surface area contributed by atoms with Crippen LogP contribution >= 0.6 is 23.2 Å². The molecule has 0 amide bonds. The van der Waals surface area contributed by atoms with E-state index in [0.717, 1.165) is 0 Å². The van der Waals surface area contributed by atoms with Crippen molar-refractivity contribution >= 4 is 33.0 Å². The second kappa shape index (κ2) is 6.50. The van der Waals surface area contributed by atoms with E-state index < -0.39 is 9.84 Å². The van der Waals surface area contributed by atoms with Gasteiger partial charge in [-0.25, -0.2) is 8.42 Å². The first-order chi connectivity index (χ1) is 8.64. The summed E-state index contributed by atoms with van der Waals surface area (Å²) >= 11 is 12.2. The highest BCUT2D eigenvalue weighted by atomic mass is 35.5. The Morgan fingerprint density at radius 3 is 2.16 bits per heavy atom. The van der Waals surface area contributed by atoms with Gasteiger partial charge in [0.05, 0.1) is 17.1 Å². The SMILES string of the molecule is CC(C)(C)OCCC(CCl)(CCl)C1CCS(=O)(=O)C1. The minimum atomic E-state index is -2.91. The second-order valence-corrected chi connectivity index (χ2v) is 9.20. The molecule has 0 aliphatic carbocycles. The van der Waals surface area contributed by atoms with Crippen molar-refractivity contribution < 1.29 is 13.2 Å². The van der Waals surface area contributed by atoms with Crippen molar-refractivity contribution in [1.82, 2.24) is 0 Å². The maximum absolute atomic E-state index is 11.6. The zero-order chi connectivity index (χ0) is 14.7. The Hall–Kier alpha value is 0.490. The van der Waals surface area contributed by atoms with E-state index in [2.05, 4.69) is 0 Å². The molecule has 0 N–H and O–H groups in total. The number of alkyl halides is 2. The third-order valence-electron chi connectivity index (χ3n) is 3.77. The summed E-state index contributed by atoms with van der Waals surface area (Å²) in [6.45, 7) is 6.54. The lowest BCUT2D eigenvalue weighted by molar-refractivity contribution is -0.0196. The Bertz CT molecular complexity index is 383. The van der Waals surface area contributed by atoms with E-state index in [4.69, 9.17) is 27.9 Å². The van der Waals surface area contributed by atoms with E-state index in [-0.39, 0.29) is 28.4 Å². The number of ether oxygens (including phenoxy) is 1. The van der Waals surface area contributed by atoms with E-state index in [1.165, 1.54) is 0 Å². The highest BCUT2D eigenvalue weighted by Crippen LogP contribution is 2.41. The minimum absolute atomic E-state index is 0.0519. The fraction of sp³-hybridized carbons (Fsp3) is 1.00. The van der Waals surface area contributed by atoms with Gasteiger partial charge in [-0.05, 0) is 39.5 Å². The Labute approximate surface area is 126 Å². The lowest BCUT2D eigenvalue weighted by Gasteiger charge is -2.36. The summed E-state index contributed by atoms with van der Waals surface area (Å²) in [5.41, 5.74) is -0.538. The molecule has 0 aromatic carbocycles. The summed E-state index contributed by atoms with van der Waals surface area (Å²) in [5.74, 6) is 1.28. The van der Waals surface area contributed by atoms with Crippen molar-refractivity contribution in [3.63, 3.8) is 0 Å². The van der Waals surface area contributed by atoms with E-state index in [9.17, 15) is 8.42 Å². The summed E-state index contributed by atoms with van der Waals surface area (Å²) in [6, 6.07) is 0. The normalized spacial score (nSPS) is 23.7. The topological polar surface area (TPSA) is 43.4 Å². The van der Waals surface area contributed by atoms with Crippen LogP contribution in [-0.4, -0.2) is 43.9 Å². The molecule has 0 aromatic rings. The molecule has 3 nitrogen and oxygen atoms in total. The van der Waals surface area contributed by atoms with Crippen LogP contribution in [-0.2, 0) is 14.6 Å². The summed E-state index contributed by atoms with van der Waals surface area (Å²) in [5, 5.41) is 0. The predicted molar refractivity (Wildman–Crippen MR) is 81.0 cm³/mol. The standard InChI is InChI=1S/C13H24Cl2O3S/c1-12(2,3)18-6-5-13(9-14,10-15)11-4-7-19(16,17)8-11/h11H,4-10H2,1-3H3. The number of rotatable bonds is 6.